The molecular weight excluding hydrogens is 368 g/mol. The Morgan fingerprint density at radius 2 is 1.85 bits per heavy atom. The van der Waals surface area contributed by atoms with Crippen LogP contribution in [0.2, 0.25) is 0 Å². The molecule has 0 unspecified atom stereocenters. The van der Waals surface area contributed by atoms with Crippen molar-refractivity contribution < 1.29 is 22.9 Å². The molecule has 0 saturated carbocycles. The van der Waals surface area contributed by atoms with Gasteiger partial charge in [0.2, 0.25) is 15.9 Å². The third-order valence-electron chi connectivity index (χ3n) is 5.33. The highest BCUT2D eigenvalue weighted by Gasteiger charge is 2.28. The van der Waals surface area contributed by atoms with Crippen LogP contribution >= 0.6 is 0 Å². The normalized spacial score (nSPS) is 23.9. The highest BCUT2D eigenvalue weighted by molar-refractivity contribution is 7.89. The van der Waals surface area contributed by atoms with E-state index in [2.05, 4.69) is 5.32 Å². The first-order valence-corrected chi connectivity index (χ1v) is 10.8. The average Bonchev–Trinajstić information content (AvgIpc) is 3.18. The first kappa shape index (κ1) is 19.8. The van der Waals surface area contributed by atoms with E-state index < -0.39 is 10.0 Å². The number of hydrogen-bond acceptors (Lipinski definition) is 4. The quantitative estimate of drug-likeness (QED) is 0.584. The zero-order chi connectivity index (χ0) is 19.4. The average molecular weight is 396 g/mol. The van der Waals surface area contributed by atoms with Crippen LogP contribution in [-0.2, 0) is 19.6 Å². The van der Waals surface area contributed by atoms with Gasteiger partial charge in [-0.15, -0.1) is 0 Å². The van der Waals surface area contributed by atoms with Gasteiger partial charge in [-0.05, 0) is 31.0 Å². The van der Waals surface area contributed by atoms with E-state index >= 15 is 0 Å². The maximum atomic E-state index is 12.6. The van der Waals surface area contributed by atoms with Crippen molar-refractivity contribution in [3.05, 3.63) is 24.3 Å². The number of piperidine rings is 1. The molecule has 0 bridgehead atoms. The van der Waals surface area contributed by atoms with Gasteiger partial charge in [-0.25, -0.2) is 8.42 Å². The number of benzene rings is 1. The fourth-order valence-electron chi connectivity index (χ4n) is 3.73. The monoisotopic (exact) mass is 395 g/mol. The van der Waals surface area contributed by atoms with Gasteiger partial charge in [0.05, 0.1) is 18.0 Å². The minimum Gasteiger partial charge on any atom is -0.369 e. The van der Waals surface area contributed by atoms with Gasteiger partial charge in [-0.1, -0.05) is 6.07 Å². The molecule has 2 amide bonds. The number of nitrogens with one attached hydrogen (secondary N) is 2. The van der Waals surface area contributed by atoms with E-state index in [1.54, 1.807) is 18.2 Å². The van der Waals surface area contributed by atoms with Crippen molar-refractivity contribution in [2.45, 2.75) is 30.6 Å². The molecule has 4 N–H and O–H groups in total. The molecule has 0 radical (unpaired) electrons. The summed E-state index contributed by atoms with van der Waals surface area (Å²) in [5.41, 5.74) is 5.81. The van der Waals surface area contributed by atoms with Crippen molar-refractivity contribution in [2.75, 3.05) is 38.0 Å². The number of quaternary nitrogens is 1. The molecule has 0 atom stereocenters. The summed E-state index contributed by atoms with van der Waals surface area (Å²) in [4.78, 5) is 24.9. The maximum Gasteiger partial charge on any atom is 0.279 e. The van der Waals surface area contributed by atoms with Crippen LogP contribution in [0.3, 0.4) is 0 Å². The fraction of sp³-hybridized carbons (Fsp3) is 0.556. The molecule has 3 rings (SSSR count). The molecule has 2 saturated heterocycles. The number of sulfonamides is 1. The van der Waals surface area contributed by atoms with Crippen molar-refractivity contribution in [3.8, 4) is 0 Å². The number of primary amides is 1. The third kappa shape index (κ3) is 4.85. The molecule has 9 heteroatoms. The predicted octanol–water partition coefficient (Wildman–Crippen LogP) is -0.810. The van der Waals surface area contributed by atoms with Crippen LogP contribution < -0.4 is 16.0 Å². The number of nitrogens with zero attached hydrogens (tertiary/aromatic N) is 1. The van der Waals surface area contributed by atoms with Crippen molar-refractivity contribution >= 4 is 27.5 Å². The van der Waals surface area contributed by atoms with Crippen LogP contribution in [-0.4, -0.2) is 57.3 Å². The van der Waals surface area contributed by atoms with Gasteiger partial charge >= 0.3 is 0 Å². The molecule has 2 aliphatic rings. The third-order valence-corrected chi connectivity index (χ3v) is 7.22. The van der Waals surface area contributed by atoms with Crippen molar-refractivity contribution in [1.29, 1.82) is 0 Å². The SMILES string of the molecule is NC(=O)C1CC[NH+](CC(=O)Nc2cccc(S(=O)(=O)N3CCCC3)c2)CC1. The number of carbonyl (C=O) groups is 2. The molecule has 2 aliphatic heterocycles. The fourth-order valence-corrected chi connectivity index (χ4v) is 5.29. The minimum absolute atomic E-state index is 0.0933. The van der Waals surface area contributed by atoms with Gasteiger partial charge in [0.15, 0.2) is 6.54 Å². The molecule has 0 aromatic heterocycles. The Balaban J connectivity index is 1.58. The second-order valence-corrected chi connectivity index (χ2v) is 9.23. The molecule has 2 heterocycles. The lowest BCUT2D eigenvalue weighted by Crippen LogP contribution is -3.14. The van der Waals surface area contributed by atoms with Gasteiger partial charge in [0, 0.05) is 37.5 Å². The van der Waals surface area contributed by atoms with E-state index in [0.717, 1.165) is 30.8 Å². The number of hydrogen-bond donors (Lipinski definition) is 3. The number of likely N-dealkylation sites (tertiary alicyclic amines) is 1. The highest BCUT2D eigenvalue weighted by atomic mass is 32.2. The number of nitrogens with two attached hydrogens (primary N) is 1. The van der Waals surface area contributed by atoms with Crippen LogP contribution in [0.4, 0.5) is 5.69 Å². The Hall–Kier alpha value is -1.97. The lowest BCUT2D eigenvalue weighted by atomic mass is 9.96. The topological polar surface area (TPSA) is 114 Å². The van der Waals surface area contributed by atoms with E-state index in [1.165, 1.54) is 10.4 Å². The smallest absolute Gasteiger partial charge is 0.279 e. The lowest BCUT2D eigenvalue weighted by molar-refractivity contribution is -0.897. The van der Waals surface area contributed by atoms with Crippen molar-refractivity contribution in [2.24, 2.45) is 11.7 Å². The first-order valence-electron chi connectivity index (χ1n) is 9.39. The van der Waals surface area contributed by atoms with Crippen molar-refractivity contribution in [1.82, 2.24) is 4.31 Å². The first-order chi connectivity index (χ1) is 12.9. The van der Waals surface area contributed by atoms with Gasteiger partial charge in [-0.3, -0.25) is 9.59 Å². The number of carbonyl (C=O) groups excluding carboxylic acids is 2. The zero-order valence-corrected chi connectivity index (χ0v) is 16.1. The Morgan fingerprint density at radius 3 is 2.48 bits per heavy atom. The molecule has 27 heavy (non-hydrogen) atoms. The largest absolute Gasteiger partial charge is 0.369 e. The second-order valence-electron chi connectivity index (χ2n) is 7.29. The zero-order valence-electron chi connectivity index (χ0n) is 15.3. The Bertz CT molecular complexity index is 797. The predicted molar refractivity (Wildman–Crippen MR) is 101 cm³/mol. The summed E-state index contributed by atoms with van der Waals surface area (Å²) in [5.74, 6) is -0.530. The van der Waals surface area contributed by atoms with Crippen LogP contribution in [0.5, 0.6) is 0 Å². The molecular formula is C18H27N4O4S+. The Kier molecular flexibility index (Phi) is 6.13. The number of anilines is 1. The van der Waals surface area contributed by atoms with E-state index in [-0.39, 0.29) is 29.2 Å². The number of amides is 2. The van der Waals surface area contributed by atoms with Gasteiger partial charge in [-0.2, -0.15) is 4.31 Å². The molecule has 0 aliphatic carbocycles. The summed E-state index contributed by atoms with van der Waals surface area (Å²) >= 11 is 0. The summed E-state index contributed by atoms with van der Waals surface area (Å²) in [5, 5.41) is 2.79. The second kappa shape index (κ2) is 8.37. The van der Waals surface area contributed by atoms with E-state index in [4.69, 9.17) is 5.73 Å². The van der Waals surface area contributed by atoms with Crippen molar-refractivity contribution in [3.63, 3.8) is 0 Å². The molecule has 2 fully saturated rings. The van der Waals surface area contributed by atoms with Gasteiger partial charge in [0.25, 0.3) is 5.91 Å². The van der Waals surface area contributed by atoms with Crippen LogP contribution in [0.25, 0.3) is 0 Å². The molecule has 8 nitrogen and oxygen atoms in total. The molecule has 1 aromatic carbocycles. The van der Waals surface area contributed by atoms with E-state index in [1.807, 2.05) is 0 Å². The number of rotatable bonds is 6. The summed E-state index contributed by atoms with van der Waals surface area (Å²) in [6.07, 6.45) is 3.15. The Morgan fingerprint density at radius 1 is 1.19 bits per heavy atom. The van der Waals surface area contributed by atoms with E-state index in [0.29, 0.717) is 31.6 Å². The minimum atomic E-state index is -3.51. The summed E-state index contributed by atoms with van der Waals surface area (Å²) < 4.78 is 26.8. The maximum absolute atomic E-state index is 12.6. The summed E-state index contributed by atoms with van der Waals surface area (Å²) in [7, 11) is -3.51. The molecule has 148 valence electrons. The summed E-state index contributed by atoms with van der Waals surface area (Å²) in [6, 6.07) is 6.41. The van der Waals surface area contributed by atoms with Crippen LogP contribution in [0.1, 0.15) is 25.7 Å². The highest BCUT2D eigenvalue weighted by Crippen LogP contribution is 2.23. The van der Waals surface area contributed by atoms with Gasteiger partial charge < -0.3 is 16.0 Å². The van der Waals surface area contributed by atoms with Gasteiger partial charge in [0.1, 0.15) is 0 Å². The molecule has 0 spiro atoms. The summed E-state index contributed by atoms with van der Waals surface area (Å²) in [6.45, 7) is 2.83. The molecule has 1 aromatic rings. The van der Waals surface area contributed by atoms with E-state index in [9.17, 15) is 18.0 Å². The lowest BCUT2D eigenvalue weighted by Gasteiger charge is -2.27. The van der Waals surface area contributed by atoms with Crippen LogP contribution in [0, 0.1) is 5.92 Å². The Labute approximate surface area is 159 Å². The standard InChI is InChI=1S/C18H26N4O4S/c19-18(24)14-6-10-21(11-7-14)13-17(23)20-15-4-3-5-16(12-15)27(25,26)22-8-1-2-9-22/h3-5,12,14H,1-2,6-11,13H2,(H2,19,24)(H,20,23)/p+1. The van der Waals surface area contributed by atoms with Crippen LogP contribution in [0.15, 0.2) is 29.2 Å².